The number of benzene rings is 1. The first kappa shape index (κ1) is 12.1. The number of rotatable bonds is 3. The van der Waals surface area contributed by atoms with Crippen molar-refractivity contribution < 1.29 is 5.11 Å². The first-order chi connectivity index (χ1) is 9.25. The number of nitrogens with zero attached hydrogens (tertiary/aromatic N) is 3. The van der Waals surface area contributed by atoms with E-state index in [9.17, 15) is 5.11 Å². The minimum atomic E-state index is -0.700. The second-order valence-corrected chi connectivity index (χ2v) is 5.58. The molecule has 3 aromatic rings. The molecule has 1 aromatic carbocycles. The van der Waals surface area contributed by atoms with Crippen LogP contribution in [0.3, 0.4) is 0 Å². The topological polar surface area (TPSA) is 50.9 Å². The van der Waals surface area contributed by atoms with Crippen LogP contribution in [0.1, 0.15) is 21.6 Å². The summed E-state index contributed by atoms with van der Waals surface area (Å²) in [5.41, 5.74) is 1.57. The lowest BCUT2D eigenvalue weighted by atomic mass is 10.2. The summed E-state index contributed by atoms with van der Waals surface area (Å²) in [5.74, 6) is 0. The first-order valence-corrected chi connectivity index (χ1v) is 6.78. The van der Waals surface area contributed by atoms with Gasteiger partial charge < -0.3 is 5.11 Å². The Balaban J connectivity index is 2.01. The largest absolute Gasteiger partial charge is 0.381 e. The number of aromatic nitrogens is 3. The molecule has 0 spiro atoms. The first-order valence-electron chi connectivity index (χ1n) is 5.96. The van der Waals surface area contributed by atoms with E-state index in [0.29, 0.717) is 5.69 Å². The van der Waals surface area contributed by atoms with Gasteiger partial charge in [-0.15, -0.1) is 16.4 Å². The predicted octanol–water partition coefficient (Wildman–Crippen LogP) is 2.72. The molecule has 1 atom stereocenters. The maximum atomic E-state index is 10.4. The van der Waals surface area contributed by atoms with Crippen molar-refractivity contribution in [2.45, 2.75) is 13.0 Å². The molecule has 0 saturated heterocycles. The summed E-state index contributed by atoms with van der Waals surface area (Å²) < 4.78 is 1.67. The lowest BCUT2D eigenvalue weighted by molar-refractivity contribution is 0.216. The number of thiophene rings is 1. The molecule has 19 heavy (non-hydrogen) atoms. The van der Waals surface area contributed by atoms with Gasteiger partial charge in [-0.05, 0) is 31.2 Å². The number of aliphatic hydroxyl groups is 1. The molecule has 0 aliphatic carbocycles. The third-order valence-corrected chi connectivity index (χ3v) is 3.94. The summed E-state index contributed by atoms with van der Waals surface area (Å²) in [6.07, 6.45) is 0.904. The maximum absolute atomic E-state index is 10.4. The van der Waals surface area contributed by atoms with Crippen molar-refractivity contribution in [1.82, 2.24) is 15.0 Å². The van der Waals surface area contributed by atoms with Crippen LogP contribution in [0, 0.1) is 6.92 Å². The lowest BCUT2D eigenvalue weighted by Gasteiger charge is -2.10. The Morgan fingerprint density at radius 1 is 1.16 bits per heavy atom. The standard InChI is InChI=1S/C14H13N3OS/c1-10-7-8-13(19-10)14(18)12-9-15-16-17(12)11-5-3-2-4-6-11/h2-9,14,18H,1H3. The fourth-order valence-electron chi connectivity index (χ4n) is 1.95. The van der Waals surface area contributed by atoms with Crippen LogP contribution in [0.2, 0.25) is 0 Å². The molecule has 2 aromatic heterocycles. The van der Waals surface area contributed by atoms with Gasteiger partial charge in [0.25, 0.3) is 0 Å². The maximum Gasteiger partial charge on any atom is 0.132 e. The molecule has 3 rings (SSSR count). The molecular weight excluding hydrogens is 258 g/mol. The highest BCUT2D eigenvalue weighted by Crippen LogP contribution is 2.28. The summed E-state index contributed by atoms with van der Waals surface area (Å²) in [6, 6.07) is 13.6. The Bertz CT molecular complexity index is 675. The van der Waals surface area contributed by atoms with Crippen LogP contribution in [0.5, 0.6) is 0 Å². The lowest BCUT2D eigenvalue weighted by Crippen LogP contribution is -2.07. The van der Waals surface area contributed by atoms with Crippen molar-refractivity contribution in [3.05, 3.63) is 64.1 Å². The fraction of sp³-hybridized carbons (Fsp3) is 0.143. The van der Waals surface area contributed by atoms with E-state index < -0.39 is 6.10 Å². The zero-order valence-electron chi connectivity index (χ0n) is 10.4. The smallest absolute Gasteiger partial charge is 0.132 e. The Morgan fingerprint density at radius 2 is 1.95 bits per heavy atom. The van der Waals surface area contributed by atoms with E-state index in [2.05, 4.69) is 10.3 Å². The molecule has 0 aliphatic heterocycles. The van der Waals surface area contributed by atoms with Gasteiger partial charge >= 0.3 is 0 Å². The van der Waals surface area contributed by atoms with Crippen molar-refractivity contribution in [2.75, 3.05) is 0 Å². The van der Waals surface area contributed by atoms with Gasteiger partial charge in [-0.3, -0.25) is 0 Å². The molecule has 1 N–H and O–H groups in total. The van der Waals surface area contributed by atoms with Crippen molar-refractivity contribution >= 4 is 11.3 Å². The summed E-state index contributed by atoms with van der Waals surface area (Å²) >= 11 is 1.58. The van der Waals surface area contributed by atoms with Crippen LogP contribution in [0.4, 0.5) is 0 Å². The van der Waals surface area contributed by atoms with E-state index in [0.717, 1.165) is 10.6 Å². The van der Waals surface area contributed by atoms with Gasteiger partial charge in [0.05, 0.1) is 17.6 Å². The Kier molecular flexibility index (Phi) is 3.15. The van der Waals surface area contributed by atoms with Crippen LogP contribution in [-0.2, 0) is 0 Å². The van der Waals surface area contributed by atoms with Gasteiger partial charge in [-0.1, -0.05) is 23.4 Å². The van der Waals surface area contributed by atoms with Crippen LogP contribution >= 0.6 is 11.3 Å². The van der Waals surface area contributed by atoms with Gasteiger partial charge in [0.1, 0.15) is 6.10 Å². The molecular formula is C14H13N3OS. The Labute approximate surface area is 115 Å². The summed E-state index contributed by atoms with van der Waals surface area (Å²) in [6.45, 7) is 2.02. The van der Waals surface area contributed by atoms with Crippen molar-refractivity contribution in [3.8, 4) is 5.69 Å². The monoisotopic (exact) mass is 271 g/mol. The van der Waals surface area contributed by atoms with E-state index in [4.69, 9.17) is 0 Å². The fourth-order valence-corrected chi connectivity index (χ4v) is 2.82. The van der Waals surface area contributed by atoms with E-state index in [1.807, 2.05) is 49.4 Å². The zero-order valence-corrected chi connectivity index (χ0v) is 11.2. The zero-order chi connectivity index (χ0) is 13.2. The number of aryl methyl sites for hydroxylation is 1. The molecule has 0 amide bonds. The highest BCUT2D eigenvalue weighted by molar-refractivity contribution is 7.12. The third kappa shape index (κ3) is 2.30. The van der Waals surface area contributed by atoms with Crippen LogP contribution in [-0.4, -0.2) is 20.1 Å². The van der Waals surface area contributed by atoms with Gasteiger partial charge in [0.15, 0.2) is 0 Å². The summed E-state index contributed by atoms with van der Waals surface area (Å²) in [5, 5.41) is 18.4. The molecule has 0 radical (unpaired) electrons. The van der Waals surface area contributed by atoms with Crippen LogP contribution in [0.25, 0.3) is 5.69 Å². The van der Waals surface area contributed by atoms with Crippen molar-refractivity contribution in [3.63, 3.8) is 0 Å². The average molecular weight is 271 g/mol. The number of aliphatic hydroxyl groups excluding tert-OH is 1. The van der Waals surface area contributed by atoms with Gasteiger partial charge in [0, 0.05) is 9.75 Å². The summed E-state index contributed by atoms with van der Waals surface area (Å²) in [7, 11) is 0. The molecule has 5 heteroatoms. The molecule has 0 fully saturated rings. The average Bonchev–Trinajstić information content (AvgIpc) is 3.07. The van der Waals surface area contributed by atoms with E-state index in [1.165, 1.54) is 4.88 Å². The SMILES string of the molecule is Cc1ccc(C(O)c2cnnn2-c2ccccc2)s1. The van der Waals surface area contributed by atoms with Crippen molar-refractivity contribution in [1.29, 1.82) is 0 Å². The number of para-hydroxylation sites is 1. The normalized spacial score (nSPS) is 12.5. The third-order valence-electron chi connectivity index (χ3n) is 2.89. The molecule has 0 bridgehead atoms. The summed E-state index contributed by atoms with van der Waals surface area (Å²) in [4.78, 5) is 2.07. The minimum Gasteiger partial charge on any atom is -0.381 e. The number of hydrogen-bond donors (Lipinski definition) is 1. The molecule has 1 unspecified atom stereocenters. The van der Waals surface area contributed by atoms with Gasteiger partial charge in [-0.25, -0.2) is 4.68 Å². The second kappa shape index (κ2) is 4.95. The highest BCUT2D eigenvalue weighted by Gasteiger charge is 2.18. The number of hydrogen-bond acceptors (Lipinski definition) is 4. The van der Waals surface area contributed by atoms with Gasteiger partial charge in [0.2, 0.25) is 0 Å². The molecule has 96 valence electrons. The molecule has 0 saturated carbocycles. The van der Waals surface area contributed by atoms with Crippen molar-refractivity contribution in [2.24, 2.45) is 0 Å². The molecule has 0 aliphatic rings. The Morgan fingerprint density at radius 3 is 2.63 bits per heavy atom. The van der Waals surface area contributed by atoms with E-state index >= 15 is 0 Å². The quantitative estimate of drug-likeness (QED) is 0.797. The highest BCUT2D eigenvalue weighted by atomic mass is 32.1. The minimum absolute atomic E-state index is 0.674. The Hall–Kier alpha value is -1.98. The molecule has 4 nitrogen and oxygen atoms in total. The predicted molar refractivity (Wildman–Crippen MR) is 74.5 cm³/mol. The van der Waals surface area contributed by atoms with Crippen LogP contribution in [0.15, 0.2) is 48.7 Å². The molecule has 2 heterocycles. The van der Waals surface area contributed by atoms with Gasteiger partial charge in [-0.2, -0.15) is 0 Å². The second-order valence-electron chi connectivity index (χ2n) is 4.26. The van der Waals surface area contributed by atoms with E-state index in [1.54, 1.807) is 22.2 Å². The van der Waals surface area contributed by atoms with E-state index in [-0.39, 0.29) is 0 Å². The van der Waals surface area contributed by atoms with Crippen LogP contribution < -0.4 is 0 Å².